The Morgan fingerprint density at radius 3 is 2.94 bits per heavy atom. The molecule has 5 nitrogen and oxygen atoms in total. The molecule has 0 bridgehead atoms. The lowest BCUT2D eigenvalue weighted by molar-refractivity contribution is 0.148. The number of aromatic nitrogens is 1. The molecule has 0 aliphatic carbocycles. The van der Waals surface area contributed by atoms with Crippen LogP contribution in [-0.2, 0) is 9.84 Å². The van der Waals surface area contributed by atoms with Crippen molar-refractivity contribution in [3.05, 3.63) is 24.0 Å². The van der Waals surface area contributed by atoms with Crippen LogP contribution in [0.3, 0.4) is 0 Å². The van der Waals surface area contributed by atoms with Crippen LogP contribution in [0.2, 0.25) is 0 Å². The zero-order valence-electron chi connectivity index (χ0n) is 10.2. The number of aliphatic hydroxyl groups is 1. The highest BCUT2D eigenvalue weighted by Crippen LogP contribution is 2.29. The van der Waals surface area contributed by atoms with Crippen LogP contribution in [-0.4, -0.2) is 37.1 Å². The lowest BCUT2D eigenvalue weighted by Crippen LogP contribution is -2.10. The second kappa shape index (κ2) is 5.24. The third-order valence-electron chi connectivity index (χ3n) is 3.24. The molecule has 2 rings (SSSR count). The van der Waals surface area contributed by atoms with Gasteiger partial charge in [0.05, 0.1) is 30.9 Å². The first-order chi connectivity index (χ1) is 8.50. The minimum absolute atomic E-state index is 0.0381. The number of methoxy groups -OCH3 is 1. The van der Waals surface area contributed by atoms with E-state index < -0.39 is 15.9 Å². The minimum Gasteiger partial charge on any atom is -0.495 e. The van der Waals surface area contributed by atoms with E-state index in [1.165, 1.54) is 7.11 Å². The van der Waals surface area contributed by atoms with E-state index in [2.05, 4.69) is 4.98 Å². The number of sulfone groups is 1. The monoisotopic (exact) mass is 271 g/mol. The Labute approximate surface area is 107 Å². The van der Waals surface area contributed by atoms with Gasteiger partial charge in [0.25, 0.3) is 0 Å². The van der Waals surface area contributed by atoms with Crippen molar-refractivity contribution in [1.29, 1.82) is 0 Å². The van der Waals surface area contributed by atoms with Gasteiger partial charge in [0.2, 0.25) is 0 Å². The first-order valence-corrected chi connectivity index (χ1v) is 7.70. The van der Waals surface area contributed by atoms with Gasteiger partial charge in [0, 0.05) is 11.8 Å². The van der Waals surface area contributed by atoms with Crippen LogP contribution in [0.4, 0.5) is 0 Å². The summed E-state index contributed by atoms with van der Waals surface area (Å²) in [5, 5.41) is 10.1. The average molecular weight is 271 g/mol. The summed E-state index contributed by atoms with van der Waals surface area (Å²) < 4.78 is 27.7. The molecule has 0 aromatic carbocycles. The van der Waals surface area contributed by atoms with Crippen LogP contribution in [0.1, 0.15) is 24.5 Å². The summed E-state index contributed by atoms with van der Waals surface area (Å²) in [7, 11) is -1.35. The van der Waals surface area contributed by atoms with Crippen molar-refractivity contribution < 1.29 is 18.3 Å². The highest BCUT2D eigenvalue weighted by molar-refractivity contribution is 7.91. The Morgan fingerprint density at radius 2 is 2.33 bits per heavy atom. The molecule has 0 spiro atoms. The van der Waals surface area contributed by atoms with Gasteiger partial charge in [-0.05, 0) is 24.8 Å². The van der Waals surface area contributed by atoms with Gasteiger partial charge in [-0.15, -0.1) is 0 Å². The molecule has 1 aliphatic rings. The summed E-state index contributed by atoms with van der Waals surface area (Å²) in [6, 6.07) is 1.72. The van der Waals surface area contributed by atoms with Crippen LogP contribution in [0.25, 0.3) is 0 Å². The van der Waals surface area contributed by atoms with Crippen molar-refractivity contribution in [1.82, 2.24) is 4.98 Å². The van der Waals surface area contributed by atoms with Crippen LogP contribution < -0.4 is 4.74 Å². The molecule has 100 valence electrons. The molecular weight excluding hydrogens is 254 g/mol. The maximum atomic E-state index is 11.3. The summed E-state index contributed by atoms with van der Waals surface area (Å²) in [5.74, 6) is 1.05. The van der Waals surface area contributed by atoms with Gasteiger partial charge >= 0.3 is 0 Å². The molecule has 1 aromatic rings. The molecule has 0 amide bonds. The lowest BCUT2D eigenvalue weighted by atomic mass is 9.97. The Bertz CT molecular complexity index is 515. The van der Waals surface area contributed by atoms with Crippen LogP contribution in [0.5, 0.6) is 5.75 Å². The fraction of sp³-hybridized carbons (Fsp3) is 0.583. The number of rotatable bonds is 4. The highest BCUT2D eigenvalue weighted by Gasteiger charge is 2.29. The number of pyridine rings is 1. The van der Waals surface area contributed by atoms with E-state index in [-0.39, 0.29) is 17.4 Å². The van der Waals surface area contributed by atoms with E-state index in [4.69, 9.17) is 4.74 Å². The number of ether oxygens (including phenoxy) is 1. The summed E-state index contributed by atoms with van der Waals surface area (Å²) in [6.45, 7) is 0. The van der Waals surface area contributed by atoms with E-state index in [1.807, 2.05) is 0 Å². The smallest absolute Gasteiger partial charge is 0.150 e. The van der Waals surface area contributed by atoms with Crippen molar-refractivity contribution in [3.63, 3.8) is 0 Å². The molecule has 0 saturated carbocycles. The Balaban J connectivity index is 2.01. The lowest BCUT2D eigenvalue weighted by Gasteiger charge is -2.15. The SMILES string of the molecule is COc1cncc(C(O)CC2CCS(=O)(=O)C2)c1. The minimum atomic E-state index is -2.89. The zero-order valence-corrected chi connectivity index (χ0v) is 11.1. The second-order valence-electron chi connectivity index (χ2n) is 4.68. The van der Waals surface area contributed by atoms with Crippen LogP contribution >= 0.6 is 0 Å². The molecule has 6 heteroatoms. The van der Waals surface area contributed by atoms with Crippen LogP contribution in [0, 0.1) is 5.92 Å². The molecule has 2 heterocycles. The van der Waals surface area contributed by atoms with Crippen molar-refractivity contribution in [2.24, 2.45) is 5.92 Å². The standard InChI is InChI=1S/C12H17NO4S/c1-17-11-5-10(6-13-7-11)12(14)4-9-2-3-18(15,16)8-9/h5-7,9,12,14H,2-4,8H2,1H3. The van der Waals surface area contributed by atoms with Gasteiger partial charge < -0.3 is 9.84 Å². The molecule has 18 heavy (non-hydrogen) atoms. The second-order valence-corrected chi connectivity index (χ2v) is 6.91. The van der Waals surface area contributed by atoms with Gasteiger partial charge in [-0.2, -0.15) is 0 Å². The maximum Gasteiger partial charge on any atom is 0.150 e. The Kier molecular flexibility index (Phi) is 3.87. The molecule has 2 unspecified atom stereocenters. The van der Waals surface area contributed by atoms with E-state index in [1.54, 1.807) is 18.5 Å². The zero-order chi connectivity index (χ0) is 13.2. The Morgan fingerprint density at radius 1 is 1.56 bits per heavy atom. The van der Waals surface area contributed by atoms with Crippen molar-refractivity contribution in [2.75, 3.05) is 18.6 Å². The number of nitrogens with zero attached hydrogens (tertiary/aromatic N) is 1. The first-order valence-electron chi connectivity index (χ1n) is 5.87. The van der Waals surface area contributed by atoms with Crippen molar-refractivity contribution in [3.8, 4) is 5.75 Å². The molecule has 1 fully saturated rings. The third-order valence-corrected chi connectivity index (χ3v) is 5.08. The van der Waals surface area contributed by atoms with Crippen molar-refractivity contribution >= 4 is 9.84 Å². The van der Waals surface area contributed by atoms with Crippen LogP contribution in [0.15, 0.2) is 18.5 Å². The predicted molar refractivity (Wildman–Crippen MR) is 67.1 cm³/mol. The number of hydrogen-bond donors (Lipinski definition) is 1. The fourth-order valence-electron chi connectivity index (χ4n) is 2.24. The number of aliphatic hydroxyl groups excluding tert-OH is 1. The predicted octanol–water partition coefficient (Wildman–Crippen LogP) is 0.948. The van der Waals surface area contributed by atoms with E-state index in [0.717, 1.165) is 0 Å². The molecule has 1 aromatic heterocycles. The van der Waals surface area contributed by atoms with Gasteiger partial charge in [-0.25, -0.2) is 8.42 Å². The molecule has 1 N–H and O–H groups in total. The average Bonchev–Trinajstić information content (AvgIpc) is 2.68. The topological polar surface area (TPSA) is 76.5 Å². The fourth-order valence-corrected chi connectivity index (χ4v) is 4.12. The Hall–Kier alpha value is -1.14. The number of hydrogen-bond acceptors (Lipinski definition) is 5. The molecule has 1 aliphatic heterocycles. The molecule has 0 radical (unpaired) electrons. The van der Waals surface area contributed by atoms with E-state index in [0.29, 0.717) is 24.2 Å². The third kappa shape index (κ3) is 3.20. The molecule has 2 atom stereocenters. The summed E-state index contributed by atoms with van der Waals surface area (Å²) >= 11 is 0. The largest absolute Gasteiger partial charge is 0.495 e. The maximum absolute atomic E-state index is 11.3. The normalized spacial score (nSPS) is 23.8. The summed E-state index contributed by atoms with van der Waals surface area (Å²) in [6.07, 6.45) is 3.54. The van der Waals surface area contributed by atoms with E-state index in [9.17, 15) is 13.5 Å². The summed E-state index contributed by atoms with van der Waals surface area (Å²) in [5.41, 5.74) is 0.665. The van der Waals surface area contributed by atoms with Gasteiger partial charge in [0.15, 0.2) is 9.84 Å². The first kappa shape index (κ1) is 13.3. The highest BCUT2D eigenvalue weighted by atomic mass is 32.2. The van der Waals surface area contributed by atoms with E-state index >= 15 is 0 Å². The molecular formula is C12H17NO4S. The summed E-state index contributed by atoms with van der Waals surface area (Å²) in [4.78, 5) is 3.98. The van der Waals surface area contributed by atoms with Gasteiger partial charge in [0.1, 0.15) is 5.75 Å². The van der Waals surface area contributed by atoms with Gasteiger partial charge in [-0.1, -0.05) is 0 Å². The van der Waals surface area contributed by atoms with Crippen molar-refractivity contribution in [2.45, 2.75) is 18.9 Å². The molecule has 1 saturated heterocycles. The van der Waals surface area contributed by atoms with Gasteiger partial charge in [-0.3, -0.25) is 4.98 Å². The quantitative estimate of drug-likeness (QED) is 0.882.